The second kappa shape index (κ2) is 7.06. The van der Waals surface area contributed by atoms with Gasteiger partial charge in [0.15, 0.2) is 5.82 Å². The predicted molar refractivity (Wildman–Crippen MR) is 97.5 cm³/mol. The summed E-state index contributed by atoms with van der Waals surface area (Å²) in [5.74, 6) is 6.17. The molecule has 0 saturated carbocycles. The zero-order chi connectivity index (χ0) is 17.1. The van der Waals surface area contributed by atoms with Crippen LogP contribution in [0.3, 0.4) is 0 Å². The van der Waals surface area contributed by atoms with Gasteiger partial charge in [-0.3, -0.25) is 4.79 Å². The molecule has 1 amide bonds. The topological polar surface area (TPSA) is 99.8 Å². The summed E-state index contributed by atoms with van der Waals surface area (Å²) >= 11 is 4.64. The van der Waals surface area contributed by atoms with E-state index in [1.165, 1.54) is 16.4 Å². The van der Waals surface area contributed by atoms with Crippen LogP contribution in [0.25, 0.3) is 11.4 Å². The van der Waals surface area contributed by atoms with Crippen molar-refractivity contribution in [1.29, 1.82) is 0 Å². The van der Waals surface area contributed by atoms with Crippen LogP contribution in [0.5, 0.6) is 0 Å². The van der Waals surface area contributed by atoms with E-state index in [4.69, 9.17) is 11.6 Å². The summed E-state index contributed by atoms with van der Waals surface area (Å²) in [6.45, 7) is 0. The number of nitrogens with zero attached hydrogens (tertiary/aromatic N) is 3. The molecule has 1 heterocycles. The van der Waals surface area contributed by atoms with E-state index in [0.29, 0.717) is 11.0 Å². The average Bonchev–Trinajstić information content (AvgIpc) is 2.94. The number of halogens is 1. The number of amides is 1. The maximum absolute atomic E-state index is 11.8. The van der Waals surface area contributed by atoms with Crippen molar-refractivity contribution in [1.82, 2.24) is 14.9 Å². The first-order valence-corrected chi connectivity index (χ1v) is 8.71. The van der Waals surface area contributed by atoms with Crippen LogP contribution in [0.15, 0.2) is 64.2 Å². The Morgan fingerprint density at radius 3 is 2.42 bits per heavy atom. The predicted octanol–water partition coefficient (Wildman–Crippen LogP) is 2.74. The molecule has 3 aromatic rings. The van der Waals surface area contributed by atoms with Crippen LogP contribution < -0.4 is 11.6 Å². The first kappa shape index (κ1) is 16.5. The molecule has 0 aliphatic carbocycles. The van der Waals surface area contributed by atoms with Crippen molar-refractivity contribution in [2.24, 2.45) is 5.73 Å². The van der Waals surface area contributed by atoms with Crippen LogP contribution in [0, 0.1) is 0 Å². The number of hydrogen-bond acceptors (Lipinski definition) is 5. The molecule has 1 atom stereocenters. The van der Waals surface area contributed by atoms with Crippen molar-refractivity contribution in [2.75, 3.05) is 5.84 Å². The highest BCUT2D eigenvalue weighted by Crippen LogP contribution is 2.35. The van der Waals surface area contributed by atoms with Crippen LogP contribution in [0.4, 0.5) is 0 Å². The summed E-state index contributed by atoms with van der Waals surface area (Å²) in [5, 5.41) is 8.06. The van der Waals surface area contributed by atoms with Crippen molar-refractivity contribution >= 4 is 33.6 Å². The van der Waals surface area contributed by atoms with Gasteiger partial charge in [-0.15, -0.1) is 10.2 Å². The lowest BCUT2D eigenvalue weighted by atomic mass is 10.1. The number of aromatic nitrogens is 3. The normalized spacial score (nSPS) is 12.0. The minimum atomic E-state index is -0.593. The highest BCUT2D eigenvalue weighted by Gasteiger charge is 2.23. The maximum Gasteiger partial charge on any atom is 0.235 e. The fraction of sp³-hybridized carbons (Fsp3) is 0.0625. The SMILES string of the molecule is NC(=O)C(Sc1nnc(-c2ccccc2Br)n1N)c1ccccc1. The van der Waals surface area contributed by atoms with E-state index < -0.39 is 11.2 Å². The first-order valence-electron chi connectivity index (χ1n) is 7.04. The average molecular weight is 404 g/mol. The monoisotopic (exact) mass is 403 g/mol. The number of primary amides is 1. The second-order valence-corrected chi connectivity index (χ2v) is 6.89. The third-order valence-electron chi connectivity index (χ3n) is 3.36. The molecule has 2 aromatic carbocycles. The number of hydrogen-bond donors (Lipinski definition) is 2. The Bertz CT molecular complexity index is 868. The smallest absolute Gasteiger partial charge is 0.235 e. The fourth-order valence-corrected chi connectivity index (χ4v) is 3.58. The van der Waals surface area contributed by atoms with Crippen molar-refractivity contribution in [3.63, 3.8) is 0 Å². The van der Waals surface area contributed by atoms with Gasteiger partial charge in [0.05, 0.1) is 0 Å². The lowest BCUT2D eigenvalue weighted by molar-refractivity contribution is -0.117. The van der Waals surface area contributed by atoms with Gasteiger partial charge < -0.3 is 11.6 Å². The molecule has 1 unspecified atom stereocenters. The second-order valence-electron chi connectivity index (χ2n) is 4.97. The minimum Gasteiger partial charge on any atom is -0.368 e. The molecular weight excluding hydrogens is 390 g/mol. The third-order valence-corrected chi connectivity index (χ3v) is 5.28. The quantitative estimate of drug-likeness (QED) is 0.503. The summed E-state index contributed by atoms with van der Waals surface area (Å²) in [5.41, 5.74) is 7.15. The molecule has 0 fully saturated rings. The van der Waals surface area contributed by atoms with Crippen molar-refractivity contribution in [3.05, 3.63) is 64.6 Å². The first-order chi connectivity index (χ1) is 11.6. The van der Waals surface area contributed by atoms with Gasteiger partial charge in [0, 0.05) is 10.0 Å². The van der Waals surface area contributed by atoms with Crippen LogP contribution in [0.2, 0.25) is 0 Å². The van der Waals surface area contributed by atoms with E-state index in [-0.39, 0.29) is 0 Å². The molecule has 0 radical (unpaired) electrons. The van der Waals surface area contributed by atoms with E-state index in [9.17, 15) is 4.79 Å². The van der Waals surface area contributed by atoms with Gasteiger partial charge in [-0.05, 0) is 17.7 Å². The van der Waals surface area contributed by atoms with E-state index >= 15 is 0 Å². The van der Waals surface area contributed by atoms with E-state index in [1.54, 1.807) is 0 Å². The Hall–Kier alpha value is -2.32. The number of nitrogens with two attached hydrogens (primary N) is 2. The van der Waals surface area contributed by atoms with Crippen molar-refractivity contribution in [3.8, 4) is 11.4 Å². The number of carbonyl (C=O) groups is 1. The Labute approximate surface area is 151 Å². The molecule has 122 valence electrons. The lowest BCUT2D eigenvalue weighted by Crippen LogP contribution is -2.20. The van der Waals surface area contributed by atoms with Gasteiger partial charge in [0.1, 0.15) is 5.25 Å². The highest BCUT2D eigenvalue weighted by atomic mass is 79.9. The Kier molecular flexibility index (Phi) is 4.86. The maximum atomic E-state index is 11.8. The van der Waals surface area contributed by atoms with E-state index in [0.717, 1.165) is 15.6 Å². The molecular formula is C16H14BrN5OS. The summed E-state index contributed by atoms with van der Waals surface area (Å²) in [7, 11) is 0. The summed E-state index contributed by atoms with van der Waals surface area (Å²) in [6.07, 6.45) is 0. The molecule has 0 bridgehead atoms. The standard InChI is InChI=1S/C16H14BrN5OS/c17-12-9-5-4-8-11(12)15-20-21-16(22(15)19)24-13(14(18)23)10-6-2-1-3-7-10/h1-9,13H,19H2,(H2,18,23). The number of nitrogen functional groups attached to an aromatic ring is 1. The van der Waals surface area contributed by atoms with Gasteiger partial charge in [0.25, 0.3) is 0 Å². The van der Waals surface area contributed by atoms with Gasteiger partial charge in [-0.2, -0.15) is 0 Å². The van der Waals surface area contributed by atoms with Crippen LogP contribution >= 0.6 is 27.7 Å². The highest BCUT2D eigenvalue weighted by molar-refractivity contribution is 9.10. The summed E-state index contributed by atoms with van der Waals surface area (Å²) in [4.78, 5) is 11.8. The molecule has 0 aliphatic rings. The Balaban J connectivity index is 1.94. The molecule has 8 heteroatoms. The molecule has 0 spiro atoms. The molecule has 24 heavy (non-hydrogen) atoms. The molecule has 3 rings (SSSR count). The molecule has 0 aliphatic heterocycles. The third kappa shape index (κ3) is 3.29. The summed E-state index contributed by atoms with van der Waals surface area (Å²) < 4.78 is 2.22. The van der Waals surface area contributed by atoms with Gasteiger partial charge in [-0.1, -0.05) is 70.2 Å². The molecule has 1 aromatic heterocycles. The van der Waals surface area contributed by atoms with Gasteiger partial charge >= 0.3 is 0 Å². The lowest BCUT2D eigenvalue weighted by Gasteiger charge is -2.12. The van der Waals surface area contributed by atoms with Crippen molar-refractivity contribution in [2.45, 2.75) is 10.4 Å². The number of carbonyl (C=O) groups excluding carboxylic acids is 1. The minimum absolute atomic E-state index is 0.411. The largest absolute Gasteiger partial charge is 0.368 e. The molecule has 4 N–H and O–H groups in total. The van der Waals surface area contributed by atoms with E-state index in [2.05, 4.69) is 26.1 Å². The molecule has 6 nitrogen and oxygen atoms in total. The fourth-order valence-electron chi connectivity index (χ4n) is 2.21. The number of rotatable bonds is 5. The number of benzene rings is 2. The Morgan fingerprint density at radius 2 is 1.75 bits per heavy atom. The zero-order valence-corrected chi connectivity index (χ0v) is 14.9. The van der Waals surface area contributed by atoms with Crippen LogP contribution in [-0.4, -0.2) is 20.8 Å². The van der Waals surface area contributed by atoms with Crippen LogP contribution in [-0.2, 0) is 4.79 Å². The van der Waals surface area contributed by atoms with Gasteiger partial charge in [-0.25, -0.2) is 4.68 Å². The van der Waals surface area contributed by atoms with Crippen molar-refractivity contribution < 1.29 is 4.79 Å². The molecule has 0 saturated heterocycles. The zero-order valence-electron chi connectivity index (χ0n) is 12.5. The van der Waals surface area contributed by atoms with E-state index in [1.807, 2.05) is 54.6 Å². The van der Waals surface area contributed by atoms with Gasteiger partial charge in [0.2, 0.25) is 11.1 Å². The Morgan fingerprint density at radius 1 is 1.08 bits per heavy atom. The number of thioether (sulfide) groups is 1. The van der Waals surface area contributed by atoms with Crippen LogP contribution in [0.1, 0.15) is 10.8 Å². The summed E-state index contributed by atoms with van der Waals surface area (Å²) in [6, 6.07) is 16.8.